The van der Waals surface area contributed by atoms with Gasteiger partial charge in [-0.25, -0.2) is 0 Å². The summed E-state index contributed by atoms with van der Waals surface area (Å²) in [5, 5.41) is 12.4. The first-order valence-electron chi connectivity index (χ1n) is 7.12. The van der Waals surface area contributed by atoms with E-state index in [1.165, 1.54) is 0 Å². The number of aromatic nitrogens is 4. The Hall–Kier alpha value is -2.98. The lowest BCUT2D eigenvalue weighted by Gasteiger charge is -2.28. The van der Waals surface area contributed by atoms with E-state index in [1.807, 2.05) is 0 Å². The minimum Gasteiger partial charge on any atom is -0.860 e. The molecule has 0 aliphatic carbocycles. The smallest absolute Gasteiger partial charge is 0.259 e. The van der Waals surface area contributed by atoms with Crippen molar-refractivity contribution in [2.24, 2.45) is 0 Å². The Morgan fingerprint density at radius 1 is 0.920 bits per heavy atom. The van der Waals surface area contributed by atoms with E-state index in [4.69, 9.17) is 29.2 Å². The Morgan fingerprint density at radius 3 is 2.28 bits per heavy atom. The molecule has 2 aromatic heterocycles. The van der Waals surface area contributed by atoms with Gasteiger partial charge in [0.2, 0.25) is 5.88 Å². The Labute approximate surface area is 149 Å². The van der Waals surface area contributed by atoms with E-state index in [0.717, 1.165) is 0 Å². The number of fused-ring (bicyclic) bond motifs is 2. The van der Waals surface area contributed by atoms with Gasteiger partial charge in [0.25, 0.3) is 11.1 Å². The van der Waals surface area contributed by atoms with Crippen molar-refractivity contribution in [1.29, 1.82) is 0 Å². The summed E-state index contributed by atoms with van der Waals surface area (Å²) in [6.45, 7) is 0. The summed E-state index contributed by atoms with van der Waals surface area (Å²) in [5.74, 6) is -1.09. The van der Waals surface area contributed by atoms with Crippen molar-refractivity contribution in [1.82, 2.24) is 19.9 Å². The van der Waals surface area contributed by atoms with Gasteiger partial charge in [-0.3, -0.25) is 19.6 Å². The van der Waals surface area contributed by atoms with Crippen molar-refractivity contribution in [3.05, 3.63) is 71.2 Å². The molecule has 3 heterocycles. The van der Waals surface area contributed by atoms with Gasteiger partial charge >= 0.3 is 0 Å². The van der Waals surface area contributed by atoms with Gasteiger partial charge in [0.05, 0.1) is 11.5 Å². The highest BCUT2D eigenvalue weighted by atomic mass is 32.1. The van der Waals surface area contributed by atoms with Crippen LogP contribution in [0.5, 0.6) is 17.5 Å². The van der Waals surface area contributed by atoms with Gasteiger partial charge in [-0.1, -0.05) is 18.2 Å². The molecular formula is C15H9N4O4S2-. The molecule has 8 nitrogen and oxygen atoms in total. The molecule has 1 aliphatic rings. The average Bonchev–Trinajstić information content (AvgIpc) is 2.52. The maximum Gasteiger partial charge on any atom is 0.259 e. The van der Waals surface area contributed by atoms with E-state index < -0.39 is 22.9 Å². The van der Waals surface area contributed by atoms with Crippen LogP contribution < -0.4 is 21.0 Å². The normalized spacial score (nSPS) is 15.1. The first kappa shape index (κ1) is 15.5. The summed E-state index contributed by atoms with van der Waals surface area (Å²) < 4.78 is 5.70. The fourth-order valence-electron chi connectivity index (χ4n) is 2.93. The predicted molar refractivity (Wildman–Crippen MR) is 91.4 cm³/mol. The minimum absolute atomic E-state index is 0.0746. The number of rotatable bonds is 1. The largest absolute Gasteiger partial charge is 0.860 e. The molecule has 1 aromatic carbocycles. The maximum atomic E-state index is 12.5. The van der Waals surface area contributed by atoms with Crippen molar-refractivity contribution in [2.75, 3.05) is 0 Å². The number of nitrogens with one attached hydrogen (secondary N) is 4. The van der Waals surface area contributed by atoms with Gasteiger partial charge in [-0.2, -0.15) is 0 Å². The van der Waals surface area contributed by atoms with E-state index in [2.05, 4.69) is 19.9 Å². The number of benzene rings is 1. The molecule has 10 heteroatoms. The maximum absolute atomic E-state index is 12.5. The molecule has 4 N–H and O–H groups in total. The summed E-state index contributed by atoms with van der Waals surface area (Å²) in [5.41, 5.74) is -0.746. The lowest BCUT2D eigenvalue weighted by atomic mass is 9.85. The number of H-pyrrole nitrogens is 4. The third-order valence-corrected chi connectivity index (χ3v) is 4.31. The van der Waals surface area contributed by atoms with Crippen LogP contribution in [0.4, 0.5) is 0 Å². The van der Waals surface area contributed by atoms with Crippen LogP contribution in [0.2, 0.25) is 0 Å². The topological polar surface area (TPSA) is 130 Å². The fourth-order valence-corrected chi connectivity index (χ4v) is 3.30. The number of para-hydroxylation sites is 1. The molecule has 0 bridgehead atoms. The summed E-state index contributed by atoms with van der Waals surface area (Å²) in [6, 6.07) is 6.82. The molecule has 0 radical (unpaired) electrons. The zero-order chi connectivity index (χ0) is 17.7. The Morgan fingerprint density at radius 2 is 1.56 bits per heavy atom. The van der Waals surface area contributed by atoms with E-state index in [0.29, 0.717) is 11.3 Å². The van der Waals surface area contributed by atoms with Crippen LogP contribution in [0.25, 0.3) is 0 Å². The second kappa shape index (κ2) is 5.53. The quantitative estimate of drug-likeness (QED) is 0.375. The lowest BCUT2D eigenvalue weighted by Crippen LogP contribution is -2.29. The minimum atomic E-state index is -0.932. The lowest BCUT2D eigenvalue weighted by molar-refractivity contribution is -0.276. The van der Waals surface area contributed by atoms with E-state index in [1.54, 1.807) is 24.3 Å². The molecule has 1 atom stereocenters. The molecular weight excluding hydrogens is 364 g/mol. The van der Waals surface area contributed by atoms with Crippen LogP contribution in [0.15, 0.2) is 33.9 Å². The van der Waals surface area contributed by atoms with Crippen LogP contribution in [0.3, 0.4) is 0 Å². The van der Waals surface area contributed by atoms with E-state index in [-0.39, 0.29) is 26.5 Å². The third kappa shape index (κ3) is 2.42. The zero-order valence-corrected chi connectivity index (χ0v) is 14.0. The van der Waals surface area contributed by atoms with Gasteiger partial charge in [0.1, 0.15) is 5.75 Å². The third-order valence-electron chi connectivity index (χ3n) is 3.91. The summed E-state index contributed by atoms with van der Waals surface area (Å²) in [6.07, 6.45) is 0. The fraction of sp³-hybridized carbons (Fsp3) is 0.0667. The van der Waals surface area contributed by atoms with Gasteiger partial charge in [-0.15, -0.1) is 0 Å². The molecule has 0 fully saturated rings. The Bertz CT molecular complexity index is 1210. The van der Waals surface area contributed by atoms with Crippen molar-refractivity contribution in [2.45, 2.75) is 5.92 Å². The molecule has 0 saturated heterocycles. The second-order valence-corrected chi connectivity index (χ2v) is 6.19. The van der Waals surface area contributed by atoms with Crippen molar-refractivity contribution < 1.29 is 9.84 Å². The highest BCUT2D eigenvalue weighted by molar-refractivity contribution is 7.71. The summed E-state index contributed by atoms with van der Waals surface area (Å²) in [4.78, 5) is 34.9. The van der Waals surface area contributed by atoms with Crippen LogP contribution in [-0.4, -0.2) is 19.9 Å². The highest BCUT2D eigenvalue weighted by Crippen LogP contribution is 2.44. The molecule has 4 rings (SSSR count). The molecule has 0 spiro atoms. The number of ether oxygens (including phenoxy) is 1. The van der Waals surface area contributed by atoms with E-state index in [9.17, 15) is 14.7 Å². The molecule has 0 saturated carbocycles. The first-order chi connectivity index (χ1) is 12.0. The summed E-state index contributed by atoms with van der Waals surface area (Å²) in [7, 11) is 0. The van der Waals surface area contributed by atoms with Crippen molar-refractivity contribution in [3.63, 3.8) is 0 Å². The SMILES string of the molecule is O=c1[nH]c(=S)[nH]c([O-])c1C1c2ccccc2Oc2[nH]c(=S)[nH]c(=O)c21. The molecule has 126 valence electrons. The molecule has 25 heavy (non-hydrogen) atoms. The second-order valence-electron chi connectivity index (χ2n) is 5.37. The van der Waals surface area contributed by atoms with E-state index >= 15 is 0 Å². The number of hydrogen-bond donors (Lipinski definition) is 4. The molecule has 1 unspecified atom stereocenters. The standard InChI is InChI=1S/C15H10N4O4S2/c20-10-8(11(21)17-14(24)16-10)7-5-3-1-2-4-6(5)23-13-9(7)12(22)18-15(25)19-13/h1-4,7H,(H2,18,19,22,25)(H3,16,17,20,21,24)/p-1. The van der Waals surface area contributed by atoms with Crippen LogP contribution >= 0.6 is 24.4 Å². The number of hydrogen-bond acceptors (Lipinski definition) is 6. The Balaban J connectivity index is 2.14. The summed E-state index contributed by atoms with van der Waals surface area (Å²) >= 11 is 9.79. The van der Waals surface area contributed by atoms with Crippen LogP contribution in [0.1, 0.15) is 22.6 Å². The van der Waals surface area contributed by atoms with Gasteiger partial charge in [0, 0.05) is 11.1 Å². The first-order valence-corrected chi connectivity index (χ1v) is 7.94. The van der Waals surface area contributed by atoms with Gasteiger partial charge in [0.15, 0.2) is 9.54 Å². The average molecular weight is 373 g/mol. The van der Waals surface area contributed by atoms with Gasteiger partial charge in [-0.05, 0) is 36.4 Å². The molecule has 0 amide bonds. The monoisotopic (exact) mass is 373 g/mol. The highest BCUT2D eigenvalue weighted by Gasteiger charge is 2.34. The zero-order valence-electron chi connectivity index (χ0n) is 12.3. The van der Waals surface area contributed by atoms with Crippen LogP contribution in [-0.2, 0) is 0 Å². The van der Waals surface area contributed by atoms with Crippen molar-refractivity contribution >= 4 is 24.4 Å². The van der Waals surface area contributed by atoms with Crippen LogP contribution in [0, 0.1) is 9.54 Å². The number of aromatic amines is 4. The Kier molecular flexibility index (Phi) is 3.44. The molecule has 3 aromatic rings. The van der Waals surface area contributed by atoms with Gasteiger partial charge < -0.3 is 19.8 Å². The predicted octanol–water partition coefficient (Wildman–Crippen LogP) is 1.54. The van der Waals surface area contributed by atoms with Crippen molar-refractivity contribution in [3.8, 4) is 17.5 Å². The molecule has 1 aliphatic heterocycles.